The summed E-state index contributed by atoms with van der Waals surface area (Å²) in [6, 6.07) is 14.7. The van der Waals surface area contributed by atoms with Crippen LogP contribution in [0.5, 0.6) is 0 Å². The zero-order valence-electron chi connectivity index (χ0n) is 14.4. The van der Waals surface area contributed by atoms with E-state index < -0.39 is 6.09 Å². The van der Waals surface area contributed by atoms with E-state index in [1.54, 1.807) is 24.3 Å². The smallest absolute Gasteiger partial charge is 0.412 e. The van der Waals surface area contributed by atoms with Gasteiger partial charge >= 0.3 is 6.09 Å². The van der Waals surface area contributed by atoms with Gasteiger partial charge in [0.1, 0.15) is 5.84 Å². The highest BCUT2D eigenvalue weighted by Crippen LogP contribution is 2.31. The van der Waals surface area contributed by atoms with Crippen molar-refractivity contribution in [1.82, 2.24) is 4.90 Å². The van der Waals surface area contributed by atoms with Crippen LogP contribution in [0.2, 0.25) is 0 Å². The highest BCUT2D eigenvalue weighted by atomic mass is 16.6. The summed E-state index contributed by atoms with van der Waals surface area (Å²) in [6.45, 7) is 3.12. The van der Waals surface area contributed by atoms with E-state index in [2.05, 4.69) is 21.3 Å². The first-order chi connectivity index (χ1) is 12.6. The van der Waals surface area contributed by atoms with Crippen LogP contribution in [-0.4, -0.2) is 35.3 Å². The van der Waals surface area contributed by atoms with Gasteiger partial charge in [-0.25, -0.2) is 9.79 Å². The van der Waals surface area contributed by atoms with Gasteiger partial charge in [-0.1, -0.05) is 18.2 Å². The fraction of sp³-hybridized carbons (Fsp3) is 0.250. The number of nitrogens with zero attached hydrogens (tertiary/aromatic N) is 2. The topological polar surface area (TPSA) is 71.0 Å². The van der Waals surface area contributed by atoms with E-state index in [-0.39, 0.29) is 11.9 Å². The molecule has 0 radical (unpaired) electrons. The van der Waals surface area contributed by atoms with Gasteiger partial charge in [0.15, 0.2) is 11.9 Å². The van der Waals surface area contributed by atoms with Crippen molar-refractivity contribution in [3.63, 3.8) is 0 Å². The predicted molar refractivity (Wildman–Crippen MR) is 98.9 cm³/mol. The Kier molecular flexibility index (Phi) is 4.16. The number of amidine groups is 1. The zero-order chi connectivity index (χ0) is 18.1. The second kappa shape index (κ2) is 6.63. The van der Waals surface area contributed by atoms with Gasteiger partial charge < -0.3 is 9.64 Å². The number of rotatable bonds is 3. The van der Waals surface area contributed by atoms with Crippen molar-refractivity contribution in [2.45, 2.75) is 26.0 Å². The molecule has 1 unspecified atom stereocenters. The normalized spacial score (nSPS) is 17.8. The summed E-state index contributed by atoms with van der Waals surface area (Å²) >= 11 is 0. The first-order valence-electron chi connectivity index (χ1n) is 8.60. The highest BCUT2D eigenvalue weighted by molar-refractivity contribution is 5.96. The molecule has 1 atom stereocenters. The molecule has 1 N–H and O–H groups in total. The molecule has 0 spiro atoms. The lowest BCUT2D eigenvalue weighted by Crippen LogP contribution is -2.34. The number of Topliss-reactive ketones (excluding diaryl/α,β-unsaturated/α-hetero) is 1. The molecule has 26 heavy (non-hydrogen) atoms. The van der Waals surface area contributed by atoms with Gasteiger partial charge in [-0.3, -0.25) is 10.1 Å². The molecule has 0 aromatic heterocycles. The second-order valence-corrected chi connectivity index (χ2v) is 6.46. The van der Waals surface area contributed by atoms with Crippen molar-refractivity contribution in [3.8, 4) is 0 Å². The van der Waals surface area contributed by atoms with Crippen LogP contribution in [-0.2, 0) is 11.3 Å². The molecule has 2 aliphatic heterocycles. The predicted octanol–water partition coefficient (Wildman–Crippen LogP) is 3.76. The van der Waals surface area contributed by atoms with Crippen molar-refractivity contribution in [2.75, 3.05) is 11.9 Å². The van der Waals surface area contributed by atoms with E-state index in [4.69, 9.17) is 4.74 Å². The second-order valence-electron chi connectivity index (χ2n) is 6.46. The van der Waals surface area contributed by atoms with Crippen LogP contribution < -0.4 is 5.32 Å². The number of para-hydroxylation sites is 1. The summed E-state index contributed by atoms with van der Waals surface area (Å²) in [5, 5.41) is 2.70. The monoisotopic (exact) mass is 349 g/mol. The van der Waals surface area contributed by atoms with Crippen molar-refractivity contribution >= 4 is 29.1 Å². The van der Waals surface area contributed by atoms with Gasteiger partial charge in [-0.05, 0) is 42.8 Å². The van der Waals surface area contributed by atoms with Crippen LogP contribution in [0, 0.1) is 0 Å². The van der Waals surface area contributed by atoms with Crippen molar-refractivity contribution in [1.29, 1.82) is 0 Å². The lowest BCUT2D eigenvalue weighted by atomic mass is 10.1. The molecular weight excluding hydrogens is 330 g/mol. The van der Waals surface area contributed by atoms with Crippen LogP contribution in [0.4, 0.5) is 16.2 Å². The number of anilines is 1. The van der Waals surface area contributed by atoms with E-state index in [1.165, 1.54) is 12.5 Å². The molecule has 2 aromatic carbocycles. The lowest BCUT2D eigenvalue weighted by Gasteiger charge is -2.26. The minimum atomic E-state index is -0.519. The number of carbonyl (C=O) groups is 2. The van der Waals surface area contributed by atoms with Crippen molar-refractivity contribution < 1.29 is 14.3 Å². The van der Waals surface area contributed by atoms with E-state index in [9.17, 15) is 9.59 Å². The lowest BCUT2D eigenvalue weighted by molar-refractivity contribution is 0.101. The number of amides is 1. The Morgan fingerprint density at radius 1 is 1.15 bits per heavy atom. The number of ether oxygens (including phenoxy) is 1. The Bertz CT molecular complexity index is 889. The third kappa shape index (κ3) is 3.18. The minimum absolute atomic E-state index is 0.0132. The fourth-order valence-electron chi connectivity index (χ4n) is 3.28. The number of benzene rings is 2. The maximum Gasteiger partial charge on any atom is 0.412 e. The molecule has 0 aliphatic carbocycles. The summed E-state index contributed by atoms with van der Waals surface area (Å²) in [4.78, 5) is 30.4. The molecule has 6 heteroatoms. The SMILES string of the molecule is CC(=O)c1ccc(NC(=O)OC2CCN3Cc4ccccc4N=C23)cc1. The van der Waals surface area contributed by atoms with Gasteiger partial charge in [0.25, 0.3) is 0 Å². The summed E-state index contributed by atoms with van der Waals surface area (Å²) in [5.74, 6) is 0.798. The molecule has 1 fully saturated rings. The first-order valence-corrected chi connectivity index (χ1v) is 8.60. The number of hydrogen-bond acceptors (Lipinski definition) is 5. The number of aliphatic imine (C=N–C) groups is 1. The first kappa shape index (κ1) is 16.3. The average Bonchev–Trinajstić information content (AvgIpc) is 3.02. The molecule has 1 amide bonds. The van der Waals surface area contributed by atoms with Crippen molar-refractivity contribution in [3.05, 3.63) is 59.7 Å². The van der Waals surface area contributed by atoms with Gasteiger partial charge in [-0.15, -0.1) is 0 Å². The molecule has 0 saturated carbocycles. The summed E-state index contributed by atoms with van der Waals surface area (Å²) in [5.41, 5.74) is 3.32. The Labute approximate surface area is 151 Å². The number of hydrogen-bond donors (Lipinski definition) is 1. The molecular formula is C20H19N3O3. The van der Waals surface area contributed by atoms with E-state index >= 15 is 0 Å². The maximum absolute atomic E-state index is 12.2. The molecule has 1 saturated heterocycles. The maximum atomic E-state index is 12.2. The van der Waals surface area contributed by atoms with Gasteiger partial charge in [0, 0.05) is 30.8 Å². The van der Waals surface area contributed by atoms with Crippen LogP contribution in [0.15, 0.2) is 53.5 Å². The summed E-state index contributed by atoms with van der Waals surface area (Å²) in [6.07, 6.45) is -0.141. The molecule has 132 valence electrons. The van der Waals surface area contributed by atoms with E-state index in [0.29, 0.717) is 11.3 Å². The third-order valence-electron chi connectivity index (χ3n) is 4.65. The van der Waals surface area contributed by atoms with Crippen LogP contribution in [0.25, 0.3) is 0 Å². The number of carbonyl (C=O) groups excluding carboxylic acids is 2. The zero-order valence-corrected chi connectivity index (χ0v) is 14.4. The number of ketones is 1. The van der Waals surface area contributed by atoms with E-state index in [0.717, 1.165) is 31.0 Å². The fourth-order valence-corrected chi connectivity index (χ4v) is 3.28. The molecule has 2 aromatic rings. The molecule has 4 rings (SSSR count). The quantitative estimate of drug-likeness (QED) is 0.857. The molecule has 2 heterocycles. The van der Waals surface area contributed by atoms with Gasteiger partial charge in [-0.2, -0.15) is 0 Å². The standard InChI is InChI=1S/C20H19N3O3/c1-13(24)14-6-8-16(9-7-14)21-20(25)26-18-10-11-23-12-15-4-2-3-5-17(15)22-19(18)23/h2-9,18H,10-12H2,1H3,(H,21,25). The van der Waals surface area contributed by atoms with Crippen LogP contribution in [0.1, 0.15) is 29.3 Å². The minimum Gasteiger partial charge on any atom is -0.438 e. The Morgan fingerprint density at radius 2 is 1.92 bits per heavy atom. The molecule has 2 aliphatic rings. The van der Waals surface area contributed by atoms with Crippen molar-refractivity contribution in [2.24, 2.45) is 4.99 Å². The Balaban J connectivity index is 1.43. The van der Waals surface area contributed by atoms with Crippen LogP contribution in [0.3, 0.4) is 0 Å². The largest absolute Gasteiger partial charge is 0.438 e. The van der Waals surface area contributed by atoms with Gasteiger partial charge in [0.2, 0.25) is 0 Å². The molecule has 0 bridgehead atoms. The van der Waals surface area contributed by atoms with E-state index in [1.807, 2.05) is 18.2 Å². The highest BCUT2D eigenvalue weighted by Gasteiger charge is 2.35. The number of nitrogens with one attached hydrogen (secondary N) is 1. The molecule has 6 nitrogen and oxygen atoms in total. The summed E-state index contributed by atoms with van der Waals surface area (Å²) < 4.78 is 5.59. The van der Waals surface area contributed by atoms with Crippen LogP contribution >= 0.6 is 0 Å². The summed E-state index contributed by atoms with van der Waals surface area (Å²) in [7, 11) is 0. The Morgan fingerprint density at radius 3 is 2.69 bits per heavy atom. The third-order valence-corrected chi connectivity index (χ3v) is 4.65. The average molecular weight is 349 g/mol. The Hall–Kier alpha value is -3.15. The van der Waals surface area contributed by atoms with Gasteiger partial charge in [0.05, 0.1) is 5.69 Å². The number of fused-ring (bicyclic) bond motifs is 2.